The van der Waals surface area contributed by atoms with Gasteiger partial charge >= 0.3 is 0 Å². The molecular formula is C25H32N2O6. The van der Waals surface area contributed by atoms with Gasteiger partial charge in [0.15, 0.2) is 11.5 Å². The molecule has 3 rings (SSSR count). The molecule has 2 aromatic rings. The van der Waals surface area contributed by atoms with Gasteiger partial charge in [-0.1, -0.05) is 6.07 Å². The molecule has 0 radical (unpaired) electrons. The lowest BCUT2D eigenvalue weighted by Crippen LogP contribution is -2.26. The van der Waals surface area contributed by atoms with Gasteiger partial charge in [0.2, 0.25) is 17.1 Å². The Morgan fingerprint density at radius 2 is 1.82 bits per heavy atom. The molecule has 8 heteroatoms. The SMILES string of the molecule is COCCCNc1ccc2c(cc1=O)[C@@H](NC(C)=O)CCc1cc(OC)c(OC)c(OC)c1-2. The summed E-state index contributed by atoms with van der Waals surface area (Å²) in [5, 5.41) is 6.21. The molecule has 0 saturated heterocycles. The first-order valence-electron chi connectivity index (χ1n) is 11.0. The van der Waals surface area contributed by atoms with Gasteiger partial charge in [-0.15, -0.1) is 0 Å². The van der Waals surface area contributed by atoms with E-state index in [4.69, 9.17) is 18.9 Å². The van der Waals surface area contributed by atoms with Gasteiger partial charge in [0.05, 0.1) is 33.1 Å². The average Bonchev–Trinajstić information content (AvgIpc) is 3.04. The number of ether oxygens (including phenoxy) is 4. The van der Waals surface area contributed by atoms with Crippen LogP contribution in [0.15, 0.2) is 29.1 Å². The highest BCUT2D eigenvalue weighted by Crippen LogP contribution is 2.50. The van der Waals surface area contributed by atoms with Crippen molar-refractivity contribution >= 4 is 11.6 Å². The molecule has 0 heterocycles. The second kappa shape index (κ2) is 11.0. The van der Waals surface area contributed by atoms with Crippen LogP contribution in [0.2, 0.25) is 0 Å². The Morgan fingerprint density at radius 3 is 2.45 bits per heavy atom. The number of carbonyl (C=O) groups is 1. The second-order valence-corrected chi connectivity index (χ2v) is 7.87. The third-order valence-electron chi connectivity index (χ3n) is 5.76. The smallest absolute Gasteiger partial charge is 0.217 e. The maximum Gasteiger partial charge on any atom is 0.217 e. The van der Waals surface area contributed by atoms with Gasteiger partial charge in [0.1, 0.15) is 0 Å². The highest BCUT2D eigenvalue weighted by molar-refractivity contribution is 5.83. The maximum absolute atomic E-state index is 13.1. The molecule has 178 valence electrons. The highest BCUT2D eigenvalue weighted by Gasteiger charge is 2.29. The second-order valence-electron chi connectivity index (χ2n) is 7.87. The molecule has 0 bridgehead atoms. The van der Waals surface area contributed by atoms with Crippen molar-refractivity contribution in [1.29, 1.82) is 0 Å². The van der Waals surface area contributed by atoms with Gasteiger partial charge in [-0.05, 0) is 54.2 Å². The van der Waals surface area contributed by atoms with Crippen molar-refractivity contribution in [3.05, 3.63) is 45.6 Å². The fraction of sp³-hybridized carbons (Fsp3) is 0.440. The summed E-state index contributed by atoms with van der Waals surface area (Å²) in [4.78, 5) is 25.1. The van der Waals surface area contributed by atoms with Crippen molar-refractivity contribution in [2.45, 2.75) is 32.2 Å². The van der Waals surface area contributed by atoms with Crippen LogP contribution < -0.4 is 30.3 Å². The molecule has 0 aliphatic heterocycles. The summed E-state index contributed by atoms with van der Waals surface area (Å²) in [6, 6.07) is 6.91. The zero-order chi connectivity index (χ0) is 24.0. The third kappa shape index (κ3) is 5.22. The van der Waals surface area contributed by atoms with Crippen LogP contribution in [-0.4, -0.2) is 47.5 Å². The number of benzene rings is 1. The molecule has 1 aliphatic rings. The molecule has 0 saturated carbocycles. The van der Waals surface area contributed by atoms with Gasteiger partial charge in [-0.3, -0.25) is 9.59 Å². The minimum atomic E-state index is -0.326. The van der Waals surface area contributed by atoms with Crippen LogP contribution in [0.25, 0.3) is 11.1 Å². The molecule has 1 amide bonds. The molecule has 0 spiro atoms. The molecule has 1 atom stereocenters. The Balaban J connectivity index is 2.25. The summed E-state index contributed by atoms with van der Waals surface area (Å²) < 4.78 is 22.0. The Morgan fingerprint density at radius 1 is 1.06 bits per heavy atom. The first-order chi connectivity index (χ1) is 15.9. The molecule has 8 nitrogen and oxygen atoms in total. The van der Waals surface area contributed by atoms with E-state index in [1.807, 2.05) is 12.1 Å². The van der Waals surface area contributed by atoms with Crippen molar-refractivity contribution in [1.82, 2.24) is 5.32 Å². The number of rotatable bonds is 9. The number of methoxy groups -OCH3 is 4. The van der Waals surface area contributed by atoms with Crippen molar-refractivity contribution < 1.29 is 23.7 Å². The lowest BCUT2D eigenvalue weighted by Gasteiger charge is -2.19. The van der Waals surface area contributed by atoms with E-state index in [0.29, 0.717) is 48.9 Å². The van der Waals surface area contributed by atoms with Gasteiger partial charge < -0.3 is 29.6 Å². The van der Waals surface area contributed by atoms with Crippen LogP contribution in [0.1, 0.15) is 36.9 Å². The van der Waals surface area contributed by atoms with E-state index in [9.17, 15) is 9.59 Å². The first kappa shape index (κ1) is 24.4. The lowest BCUT2D eigenvalue weighted by molar-refractivity contribution is -0.119. The average molecular weight is 457 g/mol. The van der Waals surface area contributed by atoms with Gasteiger partial charge in [-0.25, -0.2) is 0 Å². The van der Waals surface area contributed by atoms with Crippen LogP contribution in [-0.2, 0) is 16.0 Å². The van der Waals surface area contributed by atoms with E-state index in [2.05, 4.69) is 10.6 Å². The summed E-state index contributed by atoms with van der Waals surface area (Å²) in [5.74, 6) is 1.42. The molecule has 2 aromatic carbocycles. The standard InChI is InChI=1S/C25H32N2O6/c1-15(28)27-19-9-7-16-13-22(31-3)24(32-4)25(33-5)23(16)17-8-10-20(21(29)14-18(17)19)26-11-6-12-30-2/h8,10,13-14,19H,6-7,9,11-12H2,1-5H3,(H,26,29)(H,27,28)/t19-/m0/s1. The quantitative estimate of drug-likeness (QED) is 0.559. The topological polar surface area (TPSA) is 95.1 Å². The van der Waals surface area contributed by atoms with Crippen molar-refractivity contribution in [3.63, 3.8) is 0 Å². The van der Waals surface area contributed by atoms with E-state index in [0.717, 1.165) is 28.7 Å². The zero-order valence-electron chi connectivity index (χ0n) is 19.9. The van der Waals surface area contributed by atoms with Crippen molar-refractivity contribution in [3.8, 4) is 28.4 Å². The third-order valence-corrected chi connectivity index (χ3v) is 5.76. The van der Waals surface area contributed by atoms with Crippen LogP contribution in [0.5, 0.6) is 17.2 Å². The molecule has 0 unspecified atom stereocenters. The van der Waals surface area contributed by atoms with Gasteiger partial charge in [-0.2, -0.15) is 0 Å². The molecular weight excluding hydrogens is 424 g/mol. The normalized spacial score (nSPS) is 14.4. The fourth-order valence-corrected chi connectivity index (χ4v) is 4.29. The van der Waals surface area contributed by atoms with E-state index in [-0.39, 0.29) is 17.4 Å². The summed E-state index contributed by atoms with van der Waals surface area (Å²) in [5.41, 5.74) is 3.71. The summed E-state index contributed by atoms with van der Waals surface area (Å²) >= 11 is 0. The number of hydrogen-bond acceptors (Lipinski definition) is 7. The number of nitrogens with one attached hydrogen (secondary N) is 2. The summed E-state index contributed by atoms with van der Waals surface area (Å²) in [6.45, 7) is 2.69. The molecule has 1 aliphatic carbocycles. The Bertz CT molecular complexity index is 1070. The number of amides is 1. The van der Waals surface area contributed by atoms with Crippen molar-refractivity contribution in [2.75, 3.05) is 46.9 Å². The molecule has 33 heavy (non-hydrogen) atoms. The van der Waals surface area contributed by atoms with Gasteiger partial charge in [0.25, 0.3) is 0 Å². The largest absolute Gasteiger partial charge is 0.493 e. The molecule has 0 fully saturated rings. The molecule has 0 aromatic heterocycles. The van der Waals surface area contributed by atoms with E-state index in [1.54, 1.807) is 40.6 Å². The highest BCUT2D eigenvalue weighted by atomic mass is 16.5. The van der Waals surface area contributed by atoms with Crippen LogP contribution in [0, 0.1) is 0 Å². The summed E-state index contributed by atoms with van der Waals surface area (Å²) in [7, 11) is 6.37. The fourth-order valence-electron chi connectivity index (χ4n) is 4.29. The first-order valence-corrected chi connectivity index (χ1v) is 11.0. The monoisotopic (exact) mass is 456 g/mol. The minimum Gasteiger partial charge on any atom is -0.493 e. The Labute approximate surface area is 194 Å². The van der Waals surface area contributed by atoms with Gasteiger partial charge in [0, 0.05) is 32.7 Å². The number of anilines is 1. The minimum absolute atomic E-state index is 0.146. The number of fused-ring (bicyclic) bond motifs is 3. The van der Waals surface area contributed by atoms with Crippen LogP contribution >= 0.6 is 0 Å². The zero-order valence-corrected chi connectivity index (χ0v) is 19.9. The van der Waals surface area contributed by atoms with E-state index in [1.165, 1.54) is 6.92 Å². The van der Waals surface area contributed by atoms with Crippen LogP contribution in [0.4, 0.5) is 5.69 Å². The Kier molecular flexibility index (Phi) is 8.16. The number of carbonyl (C=O) groups excluding carboxylic acids is 1. The maximum atomic E-state index is 13.1. The van der Waals surface area contributed by atoms with Crippen LogP contribution in [0.3, 0.4) is 0 Å². The summed E-state index contributed by atoms with van der Waals surface area (Å²) in [6.07, 6.45) is 2.06. The predicted molar refractivity (Wildman–Crippen MR) is 128 cm³/mol. The Hall–Kier alpha value is -3.26. The lowest BCUT2D eigenvalue weighted by atomic mass is 9.95. The van der Waals surface area contributed by atoms with E-state index >= 15 is 0 Å². The van der Waals surface area contributed by atoms with Crippen molar-refractivity contribution in [2.24, 2.45) is 0 Å². The number of hydrogen-bond donors (Lipinski definition) is 2. The molecule has 2 N–H and O–H groups in total. The predicted octanol–water partition coefficient (Wildman–Crippen LogP) is 3.31. The number of aryl methyl sites for hydroxylation is 1. The van der Waals surface area contributed by atoms with E-state index < -0.39 is 0 Å².